The number of carbonyl (C=O) groups is 1. The van der Waals surface area contributed by atoms with Gasteiger partial charge >= 0.3 is 5.97 Å². The summed E-state index contributed by atoms with van der Waals surface area (Å²) in [6.45, 7) is 6.77. The van der Waals surface area contributed by atoms with Crippen molar-refractivity contribution in [3.05, 3.63) is 44.8 Å². The van der Waals surface area contributed by atoms with Gasteiger partial charge in [0.2, 0.25) is 0 Å². The minimum absolute atomic E-state index is 0.134. The Bertz CT molecular complexity index is 1110. The van der Waals surface area contributed by atoms with Gasteiger partial charge in [-0.15, -0.1) is 11.3 Å². The minimum atomic E-state index is -3.73. The highest BCUT2D eigenvalue weighted by molar-refractivity contribution is 7.91. The van der Waals surface area contributed by atoms with Crippen LogP contribution >= 0.6 is 11.3 Å². The van der Waals surface area contributed by atoms with E-state index >= 15 is 0 Å². The zero-order valence-corrected chi connectivity index (χ0v) is 20.4. The van der Waals surface area contributed by atoms with Gasteiger partial charge in [0.25, 0.3) is 10.0 Å². The standard InChI is InChI=1S/C23H30N2O5S2/c1-15-11-17(12-16(2)21(15)26)13-24-10-7-18-19(14-24)31-23(20(18)22(27)30-3)32(28,29)25-8-5-4-6-9-25/h11-12,26H,4-10,13-14H2,1-3H3. The quantitative estimate of drug-likeness (QED) is 0.661. The molecule has 1 fully saturated rings. The number of nitrogens with zero attached hydrogens (tertiary/aromatic N) is 2. The number of rotatable bonds is 5. The molecule has 0 amide bonds. The number of aromatic hydroxyl groups is 1. The Hall–Kier alpha value is -1.94. The van der Waals surface area contributed by atoms with Crippen LogP contribution in [0.1, 0.15) is 56.8 Å². The van der Waals surface area contributed by atoms with Crippen LogP contribution in [0.4, 0.5) is 0 Å². The van der Waals surface area contributed by atoms with E-state index in [0.29, 0.717) is 38.3 Å². The summed E-state index contributed by atoms with van der Waals surface area (Å²) in [4.78, 5) is 15.8. The van der Waals surface area contributed by atoms with E-state index in [1.54, 1.807) is 0 Å². The van der Waals surface area contributed by atoms with Gasteiger partial charge in [-0.1, -0.05) is 18.6 Å². The Balaban J connectivity index is 1.65. The summed E-state index contributed by atoms with van der Waals surface area (Å²) in [5.41, 5.74) is 3.83. The number of hydrogen-bond acceptors (Lipinski definition) is 7. The molecule has 0 saturated carbocycles. The van der Waals surface area contributed by atoms with Crippen LogP contribution in [-0.2, 0) is 34.3 Å². The van der Waals surface area contributed by atoms with Crippen molar-refractivity contribution in [2.75, 3.05) is 26.7 Å². The molecule has 174 valence electrons. The van der Waals surface area contributed by atoms with Crippen LogP contribution < -0.4 is 0 Å². The average Bonchev–Trinajstić information content (AvgIpc) is 3.17. The molecule has 3 heterocycles. The molecule has 32 heavy (non-hydrogen) atoms. The molecule has 1 saturated heterocycles. The van der Waals surface area contributed by atoms with Gasteiger partial charge in [0.1, 0.15) is 9.96 Å². The number of piperidine rings is 1. The second-order valence-corrected chi connectivity index (χ2v) is 11.9. The van der Waals surface area contributed by atoms with Crippen molar-refractivity contribution in [2.45, 2.75) is 56.8 Å². The average molecular weight is 479 g/mol. The predicted octanol–water partition coefficient (Wildman–Crippen LogP) is 3.59. The fraction of sp³-hybridized carbons (Fsp3) is 0.522. The van der Waals surface area contributed by atoms with Crippen LogP contribution in [0, 0.1) is 13.8 Å². The monoisotopic (exact) mass is 478 g/mol. The molecule has 2 aromatic rings. The summed E-state index contributed by atoms with van der Waals surface area (Å²) < 4.78 is 33.5. The molecule has 0 unspecified atom stereocenters. The summed E-state index contributed by atoms with van der Waals surface area (Å²) in [6.07, 6.45) is 3.32. The van der Waals surface area contributed by atoms with Gasteiger partial charge in [-0.2, -0.15) is 4.31 Å². The number of benzene rings is 1. The molecular formula is C23H30N2O5S2. The number of thiophene rings is 1. The third kappa shape index (κ3) is 4.31. The smallest absolute Gasteiger partial charge is 0.340 e. The number of esters is 1. The van der Waals surface area contributed by atoms with E-state index in [0.717, 1.165) is 52.9 Å². The topological polar surface area (TPSA) is 87.2 Å². The molecule has 0 spiro atoms. The highest BCUT2D eigenvalue weighted by atomic mass is 32.2. The third-order valence-electron chi connectivity index (χ3n) is 6.34. The van der Waals surface area contributed by atoms with E-state index in [1.165, 1.54) is 22.8 Å². The number of fused-ring (bicyclic) bond motifs is 1. The molecule has 0 radical (unpaired) electrons. The number of methoxy groups -OCH3 is 1. The van der Waals surface area contributed by atoms with Crippen LogP contribution in [0.15, 0.2) is 16.3 Å². The first-order valence-electron chi connectivity index (χ1n) is 11.0. The molecule has 4 rings (SSSR count). The maximum atomic E-state index is 13.4. The van der Waals surface area contributed by atoms with Gasteiger partial charge in [-0.05, 0) is 55.4 Å². The second kappa shape index (κ2) is 9.13. The van der Waals surface area contributed by atoms with Crippen LogP contribution in [0.2, 0.25) is 0 Å². The first kappa shape index (κ1) is 23.2. The molecular weight excluding hydrogens is 448 g/mol. The molecule has 2 aliphatic rings. The zero-order valence-electron chi connectivity index (χ0n) is 18.8. The summed E-state index contributed by atoms with van der Waals surface area (Å²) >= 11 is 1.22. The van der Waals surface area contributed by atoms with Gasteiger partial charge in [-0.25, -0.2) is 13.2 Å². The molecule has 1 N–H and O–H groups in total. The van der Waals surface area contributed by atoms with E-state index in [1.807, 2.05) is 26.0 Å². The van der Waals surface area contributed by atoms with E-state index < -0.39 is 16.0 Å². The molecule has 9 heteroatoms. The predicted molar refractivity (Wildman–Crippen MR) is 124 cm³/mol. The van der Waals surface area contributed by atoms with Crippen molar-refractivity contribution in [3.63, 3.8) is 0 Å². The first-order chi connectivity index (χ1) is 15.2. The van der Waals surface area contributed by atoms with Crippen molar-refractivity contribution in [1.82, 2.24) is 9.21 Å². The number of phenols is 1. The minimum Gasteiger partial charge on any atom is -0.507 e. The summed E-state index contributed by atoms with van der Waals surface area (Å²) in [6, 6.07) is 3.97. The van der Waals surface area contributed by atoms with Crippen LogP contribution in [0.5, 0.6) is 5.75 Å². The van der Waals surface area contributed by atoms with Crippen molar-refractivity contribution in [1.29, 1.82) is 0 Å². The van der Waals surface area contributed by atoms with E-state index in [2.05, 4.69) is 4.90 Å². The van der Waals surface area contributed by atoms with E-state index in [4.69, 9.17) is 4.74 Å². The van der Waals surface area contributed by atoms with Crippen molar-refractivity contribution in [3.8, 4) is 5.75 Å². The number of phenolic OH excluding ortho intramolecular Hbond substituents is 1. The van der Waals surface area contributed by atoms with Gasteiger partial charge in [0.05, 0.1) is 12.7 Å². The SMILES string of the molecule is COC(=O)c1c(S(=O)(=O)N2CCCCC2)sc2c1CCN(Cc1cc(C)c(O)c(C)c1)C2. The van der Waals surface area contributed by atoms with Crippen molar-refractivity contribution >= 4 is 27.3 Å². The number of hydrogen-bond donors (Lipinski definition) is 1. The highest BCUT2D eigenvalue weighted by Crippen LogP contribution is 2.39. The number of sulfonamides is 1. The highest BCUT2D eigenvalue weighted by Gasteiger charge is 2.37. The largest absolute Gasteiger partial charge is 0.507 e. The number of ether oxygens (including phenoxy) is 1. The lowest BCUT2D eigenvalue weighted by Crippen LogP contribution is -2.36. The normalized spacial score (nSPS) is 17.8. The molecule has 2 aliphatic heterocycles. The Kier molecular flexibility index (Phi) is 6.63. The maximum absolute atomic E-state index is 13.4. The lowest BCUT2D eigenvalue weighted by Gasteiger charge is -2.27. The van der Waals surface area contributed by atoms with E-state index in [-0.39, 0.29) is 9.77 Å². The lowest BCUT2D eigenvalue weighted by atomic mass is 10.0. The fourth-order valence-corrected chi connectivity index (χ4v) is 8.26. The zero-order chi connectivity index (χ0) is 23.0. The van der Waals surface area contributed by atoms with Gasteiger partial charge in [-0.3, -0.25) is 4.90 Å². The third-order valence-corrected chi connectivity index (χ3v) is 9.95. The number of aryl methyl sites for hydroxylation is 2. The Morgan fingerprint density at radius 3 is 2.41 bits per heavy atom. The Labute approximate surface area is 193 Å². The molecule has 1 aromatic heterocycles. The Morgan fingerprint density at radius 1 is 1.12 bits per heavy atom. The van der Waals surface area contributed by atoms with Crippen LogP contribution in [0.25, 0.3) is 0 Å². The maximum Gasteiger partial charge on any atom is 0.340 e. The molecule has 1 aromatic carbocycles. The molecule has 0 bridgehead atoms. The van der Waals surface area contributed by atoms with Crippen LogP contribution in [0.3, 0.4) is 0 Å². The van der Waals surface area contributed by atoms with E-state index in [9.17, 15) is 18.3 Å². The summed E-state index contributed by atoms with van der Waals surface area (Å²) in [7, 11) is -2.43. The summed E-state index contributed by atoms with van der Waals surface area (Å²) in [5, 5.41) is 10.0. The summed E-state index contributed by atoms with van der Waals surface area (Å²) in [5.74, 6) is -0.250. The van der Waals surface area contributed by atoms with Crippen LogP contribution in [-0.4, -0.2) is 55.4 Å². The Morgan fingerprint density at radius 2 is 1.78 bits per heavy atom. The molecule has 0 atom stereocenters. The first-order valence-corrected chi connectivity index (χ1v) is 13.2. The molecule has 0 aliphatic carbocycles. The van der Waals surface area contributed by atoms with Crippen molar-refractivity contribution < 1.29 is 23.1 Å². The van der Waals surface area contributed by atoms with Gasteiger partial charge < -0.3 is 9.84 Å². The van der Waals surface area contributed by atoms with Crippen molar-refractivity contribution in [2.24, 2.45) is 0 Å². The molecule has 7 nitrogen and oxygen atoms in total. The van der Waals surface area contributed by atoms with Gasteiger partial charge in [0, 0.05) is 37.6 Å². The van der Waals surface area contributed by atoms with Gasteiger partial charge in [0.15, 0.2) is 0 Å². The fourth-order valence-electron chi connectivity index (χ4n) is 4.67. The number of carbonyl (C=O) groups excluding carboxylic acids is 1. The second-order valence-electron chi connectivity index (χ2n) is 8.66. The lowest BCUT2D eigenvalue weighted by molar-refractivity contribution is 0.0595.